The van der Waals surface area contributed by atoms with Gasteiger partial charge in [-0.05, 0) is 49.7 Å². The van der Waals surface area contributed by atoms with Gasteiger partial charge in [0.15, 0.2) is 0 Å². The van der Waals surface area contributed by atoms with Crippen molar-refractivity contribution in [1.82, 2.24) is 5.32 Å². The largest absolute Gasteiger partial charge is 0.313 e. The van der Waals surface area contributed by atoms with Crippen molar-refractivity contribution in [2.75, 3.05) is 11.4 Å². The molecule has 1 aliphatic rings. The topological polar surface area (TPSA) is 32.3 Å². The summed E-state index contributed by atoms with van der Waals surface area (Å²) >= 11 is 0. The van der Waals surface area contributed by atoms with Gasteiger partial charge in [0.2, 0.25) is 5.91 Å². The number of benzene rings is 2. The molecule has 1 N–H and O–H groups in total. The van der Waals surface area contributed by atoms with Crippen LogP contribution in [0.5, 0.6) is 0 Å². The van der Waals surface area contributed by atoms with Gasteiger partial charge >= 0.3 is 0 Å². The minimum Gasteiger partial charge on any atom is -0.313 e. The molecular formula is C19H21ClF2N2O. The second kappa shape index (κ2) is 8.92. The summed E-state index contributed by atoms with van der Waals surface area (Å²) in [6.07, 6.45) is 2.37. The Morgan fingerprint density at radius 1 is 1.12 bits per heavy atom. The monoisotopic (exact) mass is 366 g/mol. The van der Waals surface area contributed by atoms with Crippen molar-refractivity contribution >= 4 is 24.0 Å². The number of hydrogen-bond acceptors (Lipinski definition) is 2. The van der Waals surface area contributed by atoms with E-state index in [2.05, 4.69) is 5.32 Å². The van der Waals surface area contributed by atoms with Crippen molar-refractivity contribution in [3.8, 4) is 0 Å². The first kappa shape index (κ1) is 19.3. The molecule has 0 bridgehead atoms. The van der Waals surface area contributed by atoms with E-state index < -0.39 is 0 Å². The maximum Gasteiger partial charge on any atom is 0.228 e. The summed E-state index contributed by atoms with van der Waals surface area (Å²) in [4.78, 5) is 14.3. The van der Waals surface area contributed by atoms with Crippen LogP contribution < -0.4 is 10.2 Å². The Kier molecular flexibility index (Phi) is 6.91. The SMILES string of the molecule is Cl.O=C(CC1CCCN1)N(Cc1ccccc1F)c1ccc(F)cc1. The van der Waals surface area contributed by atoms with Gasteiger partial charge in [-0.25, -0.2) is 8.78 Å². The zero-order valence-electron chi connectivity index (χ0n) is 13.8. The highest BCUT2D eigenvalue weighted by molar-refractivity contribution is 5.93. The predicted octanol–water partition coefficient (Wildman–Crippen LogP) is 4.06. The van der Waals surface area contributed by atoms with Crippen molar-refractivity contribution in [3.63, 3.8) is 0 Å². The van der Waals surface area contributed by atoms with Crippen LogP contribution in [0.25, 0.3) is 0 Å². The summed E-state index contributed by atoms with van der Waals surface area (Å²) in [5.41, 5.74) is 1.01. The smallest absolute Gasteiger partial charge is 0.228 e. The molecule has 2 aromatic rings. The Balaban J connectivity index is 0.00000225. The molecule has 0 aromatic heterocycles. The first-order valence-electron chi connectivity index (χ1n) is 8.16. The van der Waals surface area contributed by atoms with E-state index in [1.807, 2.05) is 0 Å². The fourth-order valence-corrected chi connectivity index (χ4v) is 2.99. The van der Waals surface area contributed by atoms with E-state index >= 15 is 0 Å². The Morgan fingerprint density at radius 2 is 1.84 bits per heavy atom. The summed E-state index contributed by atoms with van der Waals surface area (Å²) < 4.78 is 27.2. The molecule has 3 nitrogen and oxygen atoms in total. The first-order chi connectivity index (χ1) is 11.6. The van der Waals surface area contributed by atoms with Crippen LogP contribution in [0.15, 0.2) is 48.5 Å². The third kappa shape index (κ3) is 5.00. The van der Waals surface area contributed by atoms with Gasteiger partial charge in [-0.1, -0.05) is 18.2 Å². The summed E-state index contributed by atoms with van der Waals surface area (Å²) in [5, 5.41) is 3.30. The van der Waals surface area contributed by atoms with Crippen LogP contribution in [0.1, 0.15) is 24.8 Å². The van der Waals surface area contributed by atoms with Gasteiger partial charge in [-0.3, -0.25) is 4.79 Å². The molecule has 0 aliphatic carbocycles. The van der Waals surface area contributed by atoms with E-state index in [-0.39, 0.29) is 42.5 Å². The lowest BCUT2D eigenvalue weighted by atomic mass is 10.1. The summed E-state index contributed by atoms with van der Waals surface area (Å²) in [6, 6.07) is 12.3. The zero-order chi connectivity index (χ0) is 16.9. The first-order valence-corrected chi connectivity index (χ1v) is 8.16. The molecule has 1 aliphatic heterocycles. The number of halogens is 3. The molecule has 1 fully saturated rings. The van der Waals surface area contributed by atoms with Crippen LogP contribution >= 0.6 is 12.4 Å². The van der Waals surface area contributed by atoms with Gasteiger partial charge in [0, 0.05) is 23.7 Å². The average Bonchev–Trinajstić information content (AvgIpc) is 3.08. The maximum atomic E-state index is 14.0. The quantitative estimate of drug-likeness (QED) is 0.865. The van der Waals surface area contributed by atoms with Gasteiger partial charge in [0.25, 0.3) is 0 Å². The summed E-state index contributed by atoms with van der Waals surface area (Å²) in [5.74, 6) is -0.810. The van der Waals surface area contributed by atoms with Gasteiger partial charge in [0.05, 0.1) is 6.54 Å². The minimum atomic E-state index is -0.366. The maximum absolute atomic E-state index is 14.0. The normalized spacial score (nSPS) is 16.3. The molecule has 134 valence electrons. The molecule has 6 heteroatoms. The van der Waals surface area contributed by atoms with E-state index in [0.717, 1.165) is 19.4 Å². The summed E-state index contributed by atoms with van der Waals surface area (Å²) in [7, 11) is 0. The van der Waals surface area contributed by atoms with E-state index in [1.165, 1.54) is 23.1 Å². The average molecular weight is 367 g/mol. The van der Waals surface area contributed by atoms with Gasteiger partial charge in [0.1, 0.15) is 11.6 Å². The number of carbonyl (C=O) groups is 1. The fraction of sp³-hybridized carbons (Fsp3) is 0.316. The van der Waals surface area contributed by atoms with E-state index in [9.17, 15) is 13.6 Å². The zero-order valence-corrected chi connectivity index (χ0v) is 14.6. The minimum absolute atomic E-state index is 0. The molecule has 2 aromatic carbocycles. The second-order valence-corrected chi connectivity index (χ2v) is 6.05. The van der Waals surface area contributed by atoms with Crippen LogP contribution in [0.4, 0.5) is 14.5 Å². The molecule has 25 heavy (non-hydrogen) atoms. The van der Waals surface area contributed by atoms with Crippen molar-refractivity contribution in [2.45, 2.75) is 31.8 Å². The Morgan fingerprint density at radius 3 is 2.48 bits per heavy atom. The molecule has 1 amide bonds. The highest BCUT2D eigenvalue weighted by atomic mass is 35.5. The number of nitrogens with zero attached hydrogens (tertiary/aromatic N) is 1. The standard InChI is InChI=1S/C19H20F2N2O.ClH/c20-15-7-9-17(10-8-15)23(13-14-4-1-2-6-18(14)21)19(24)12-16-5-3-11-22-16;/h1-2,4,6-10,16,22H,3,5,11-13H2;1H. The Bertz CT molecular complexity index is 703. The molecule has 0 saturated carbocycles. The van der Waals surface area contributed by atoms with Crippen molar-refractivity contribution in [2.24, 2.45) is 0 Å². The van der Waals surface area contributed by atoms with Crippen molar-refractivity contribution < 1.29 is 13.6 Å². The summed E-state index contributed by atoms with van der Waals surface area (Å²) in [6.45, 7) is 1.05. The van der Waals surface area contributed by atoms with Gasteiger partial charge < -0.3 is 10.2 Å². The molecule has 1 atom stereocenters. The molecule has 1 saturated heterocycles. The molecule has 0 spiro atoms. The number of amides is 1. The van der Waals surface area contributed by atoms with Crippen LogP contribution in [-0.4, -0.2) is 18.5 Å². The van der Waals surface area contributed by atoms with Crippen LogP contribution in [0.3, 0.4) is 0 Å². The lowest BCUT2D eigenvalue weighted by molar-refractivity contribution is -0.119. The number of nitrogens with one attached hydrogen (secondary N) is 1. The number of rotatable bonds is 5. The fourth-order valence-electron chi connectivity index (χ4n) is 2.99. The molecule has 1 unspecified atom stereocenters. The Hall–Kier alpha value is -1.98. The molecule has 3 rings (SSSR count). The third-order valence-electron chi connectivity index (χ3n) is 4.31. The molecular weight excluding hydrogens is 346 g/mol. The second-order valence-electron chi connectivity index (χ2n) is 6.05. The number of carbonyl (C=O) groups excluding carboxylic acids is 1. The van der Waals surface area contributed by atoms with Crippen LogP contribution in [0, 0.1) is 11.6 Å². The lowest BCUT2D eigenvalue weighted by Crippen LogP contribution is -2.35. The van der Waals surface area contributed by atoms with E-state index in [1.54, 1.807) is 30.3 Å². The van der Waals surface area contributed by atoms with E-state index in [0.29, 0.717) is 17.7 Å². The van der Waals surface area contributed by atoms with Gasteiger partial charge in [-0.2, -0.15) is 0 Å². The van der Waals surface area contributed by atoms with Crippen LogP contribution in [-0.2, 0) is 11.3 Å². The number of anilines is 1. The predicted molar refractivity (Wildman–Crippen MR) is 96.9 cm³/mol. The Labute approximate surface area is 152 Å². The van der Waals surface area contributed by atoms with Crippen molar-refractivity contribution in [3.05, 3.63) is 65.7 Å². The van der Waals surface area contributed by atoms with Crippen LogP contribution in [0.2, 0.25) is 0 Å². The van der Waals surface area contributed by atoms with Gasteiger partial charge in [-0.15, -0.1) is 12.4 Å². The lowest BCUT2D eigenvalue weighted by Gasteiger charge is -2.25. The highest BCUT2D eigenvalue weighted by Crippen LogP contribution is 2.22. The van der Waals surface area contributed by atoms with E-state index in [4.69, 9.17) is 0 Å². The highest BCUT2D eigenvalue weighted by Gasteiger charge is 2.23. The molecule has 1 heterocycles. The third-order valence-corrected chi connectivity index (χ3v) is 4.31. The number of hydrogen-bond donors (Lipinski definition) is 1. The van der Waals surface area contributed by atoms with Crippen molar-refractivity contribution in [1.29, 1.82) is 0 Å². The molecule has 0 radical (unpaired) electrons.